The first-order chi connectivity index (χ1) is 9.29. The number of carbonyl (C=O) groups is 1. The maximum atomic E-state index is 11.5. The molecule has 0 bridgehead atoms. The van der Waals surface area contributed by atoms with E-state index in [4.69, 9.17) is 4.74 Å². The number of anilines is 1. The van der Waals surface area contributed by atoms with Crippen LogP contribution < -0.4 is 16.0 Å². The van der Waals surface area contributed by atoms with Crippen molar-refractivity contribution in [3.8, 4) is 0 Å². The first kappa shape index (κ1) is 13.8. The van der Waals surface area contributed by atoms with Gasteiger partial charge in [-0.05, 0) is 0 Å². The number of rotatable bonds is 7. The Kier molecular flexibility index (Phi) is 5.17. The first-order valence-corrected chi connectivity index (χ1v) is 6.51. The number of carbonyl (C=O) groups excluding carboxylic acids is 1. The molecule has 0 aromatic carbocycles. The van der Waals surface area contributed by atoms with Gasteiger partial charge in [0.2, 0.25) is 5.91 Å². The number of fused-ring (bicyclic) bond motifs is 1. The Hall–Kier alpha value is -1.60. The van der Waals surface area contributed by atoms with Crippen molar-refractivity contribution in [1.82, 2.24) is 20.4 Å². The van der Waals surface area contributed by atoms with Gasteiger partial charge in [-0.3, -0.25) is 4.79 Å². The smallest absolute Gasteiger partial charge is 0.234 e. The van der Waals surface area contributed by atoms with E-state index in [1.165, 1.54) is 0 Å². The van der Waals surface area contributed by atoms with E-state index in [2.05, 4.69) is 21.0 Å². The molecule has 106 valence electrons. The molecule has 7 nitrogen and oxygen atoms in total. The van der Waals surface area contributed by atoms with Gasteiger partial charge in [-0.25, -0.2) is 4.68 Å². The van der Waals surface area contributed by atoms with Gasteiger partial charge in [-0.2, -0.15) is 5.10 Å². The van der Waals surface area contributed by atoms with Crippen molar-refractivity contribution in [2.24, 2.45) is 5.92 Å². The van der Waals surface area contributed by atoms with Gasteiger partial charge >= 0.3 is 0 Å². The molecule has 1 aliphatic rings. The lowest BCUT2D eigenvalue weighted by Crippen LogP contribution is -2.40. The van der Waals surface area contributed by atoms with Crippen LogP contribution in [0.4, 0.5) is 5.82 Å². The Morgan fingerprint density at radius 2 is 2.58 bits per heavy atom. The summed E-state index contributed by atoms with van der Waals surface area (Å²) in [7, 11) is 1.62. The minimum atomic E-state index is 0.000553. The molecular formula is C12H21N5O2. The van der Waals surface area contributed by atoms with Crippen LogP contribution in [0.25, 0.3) is 0 Å². The minimum absolute atomic E-state index is 0.000553. The lowest BCUT2D eigenvalue weighted by Gasteiger charge is -2.25. The number of hydrogen-bond donors (Lipinski definition) is 3. The van der Waals surface area contributed by atoms with Crippen LogP contribution in [0.5, 0.6) is 0 Å². The number of ether oxygens (including phenoxy) is 1. The predicted molar refractivity (Wildman–Crippen MR) is 72.0 cm³/mol. The van der Waals surface area contributed by atoms with Crippen molar-refractivity contribution in [3.05, 3.63) is 12.3 Å². The summed E-state index contributed by atoms with van der Waals surface area (Å²) < 4.78 is 6.82. The van der Waals surface area contributed by atoms with Gasteiger partial charge in [0.1, 0.15) is 5.82 Å². The minimum Gasteiger partial charge on any atom is -0.383 e. The molecule has 0 saturated carbocycles. The number of methoxy groups -OCH3 is 1. The summed E-state index contributed by atoms with van der Waals surface area (Å²) in [4.78, 5) is 11.5. The molecule has 1 aromatic rings. The number of amides is 1. The highest BCUT2D eigenvalue weighted by atomic mass is 16.5. The largest absolute Gasteiger partial charge is 0.383 e. The summed E-state index contributed by atoms with van der Waals surface area (Å²) in [5, 5.41) is 13.5. The molecule has 1 unspecified atom stereocenters. The zero-order valence-electron chi connectivity index (χ0n) is 11.2. The average molecular weight is 267 g/mol. The number of nitrogens with one attached hydrogen (secondary N) is 3. The van der Waals surface area contributed by atoms with E-state index in [1.54, 1.807) is 13.3 Å². The fourth-order valence-corrected chi connectivity index (χ4v) is 2.07. The van der Waals surface area contributed by atoms with Crippen LogP contribution in [0.1, 0.15) is 0 Å². The van der Waals surface area contributed by atoms with Crippen molar-refractivity contribution in [2.45, 2.75) is 6.54 Å². The van der Waals surface area contributed by atoms with Crippen molar-refractivity contribution in [1.29, 1.82) is 0 Å². The summed E-state index contributed by atoms with van der Waals surface area (Å²) in [6, 6.07) is 1.97. The highest BCUT2D eigenvalue weighted by molar-refractivity contribution is 5.77. The third-order valence-electron chi connectivity index (χ3n) is 3.07. The molecule has 0 spiro atoms. The van der Waals surface area contributed by atoms with E-state index >= 15 is 0 Å². The molecule has 1 amide bonds. The van der Waals surface area contributed by atoms with Crippen LogP contribution >= 0.6 is 0 Å². The fourth-order valence-electron chi connectivity index (χ4n) is 2.07. The Morgan fingerprint density at radius 3 is 3.42 bits per heavy atom. The molecule has 1 aliphatic heterocycles. The molecule has 1 aromatic heterocycles. The first-order valence-electron chi connectivity index (χ1n) is 6.51. The number of hydrogen-bond acceptors (Lipinski definition) is 5. The van der Waals surface area contributed by atoms with Gasteiger partial charge < -0.3 is 20.7 Å². The lowest BCUT2D eigenvalue weighted by atomic mass is 10.1. The highest BCUT2D eigenvalue weighted by Gasteiger charge is 2.17. The van der Waals surface area contributed by atoms with E-state index in [-0.39, 0.29) is 5.91 Å². The van der Waals surface area contributed by atoms with Gasteiger partial charge in [-0.15, -0.1) is 0 Å². The summed E-state index contributed by atoms with van der Waals surface area (Å²) in [5.41, 5.74) is 0. The van der Waals surface area contributed by atoms with Crippen LogP contribution in [-0.2, 0) is 16.1 Å². The van der Waals surface area contributed by atoms with E-state index in [0.29, 0.717) is 25.6 Å². The number of aromatic nitrogens is 2. The zero-order chi connectivity index (χ0) is 13.5. The van der Waals surface area contributed by atoms with Gasteiger partial charge in [-0.1, -0.05) is 0 Å². The predicted octanol–water partition coefficient (Wildman–Crippen LogP) is -0.723. The highest BCUT2D eigenvalue weighted by Crippen LogP contribution is 2.15. The Bertz CT molecular complexity index is 407. The summed E-state index contributed by atoms with van der Waals surface area (Å²) in [5.74, 6) is 1.51. The van der Waals surface area contributed by atoms with Gasteiger partial charge in [0.25, 0.3) is 0 Å². The molecule has 0 saturated heterocycles. The van der Waals surface area contributed by atoms with Gasteiger partial charge in [0.05, 0.1) is 19.3 Å². The van der Waals surface area contributed by atoms with Crippen molar-refractivity contribution in [3.63, 3.8) is 0 Å². The molecule has 7 heteroatoms. The molecule has 2 rings (SSSR count). The van der Waals surface area contributed by atoms with Crippen molar-refractivity contribution in [2.75, 3.05) is 45.2 Å². The second-order valence-electron chi connectivity index (χ2n) is 4.62. The third kappa shape index (κ3) is 4.22. The average Bonchev–Trinajstić information content (AvgIpc) is 2.86. The standard InChI is InChI=1S/C12H21N5O2/c1-19-5-4-14-12(18)8-13-6-10-7-15-11-2-3-16-17(11)9-10/h2-3,10,13,15H,4-9H2,1H3,(H,14,18). The fraction of sp³-hybridized carbons (Fsp3) is 0.667. The second kappa shape index (κ2) is 7.10. The maximum Gasteiger partial charge on any atom is 0.234 e. The van der Waals surface area contributed by atoms with Gasteiger partial charge in [0.15, 0.2) is 0 Å². The van der Waals surface area contributed by atoms with Crippen LogP contribution in [-0.4, -0.2) is 55.6 Å². The molecule has 0 aliphatic carbocycles. The van der Waals surface area contributed by atoms with E-state index in [9.17, 15) is 4.79 Å². The van der Waals surface area contributed by atoms with Crippen LogP contribution in [0.15, 0.2) is 12.3 Å². The van der Waals surface area contributed by atoms with E-state index in [0.717, 1.165) is 25.5 Å². The quantitative estimate of drug-likeness (QED) is 0.568. The molecule has 1 atom stereocenters. The van der Waals surface area contributed by atoms with Crippen LogP contribution in [0.2, 0.25) is 0 Å². The summed E-state index contributed by atoms with van der Waals surface area (Å²) in [6.07, 6.45) is 1.79. The number of nitrogens with zero attached hydrogens (tertiary/aromatic N) is 2. The maximum absolute atomic E-state index is 11.5. The second-order valence-corrected chi connectivity index (χ2v) is 4.62. The van der Waals surface area contributed by atoms with E-state index < -0.39 is 0 Å². The molecule has 0 radical (unpaired) electrons. The van der Waals surface area contributed by atoms with Crippen molar-refractivity contribution < 1.29 is 9.53 Å². The zero-order valence-corrected chi connectivity index (χ0v) is 11.2. The molecular weight excluding hydrogens is 246 g/mol. The topological polar surface area (TPSA) is 80.2 Å². The van der Waals surface area contributed by atoms with Crippen molar-refractivity contribution >= 4 is 11.7 Å². The van der Waals surface area contributed by atoms with Gasteiger partial charge in [0, 0.05) is 45.3 Å². The summed E-state index contributed by atoms with van der Waals surface area (Å²) >= 11 is 0. The Balaban J connectivity index is 1.60. The molecule has 2 heterocycles. The lowest BCUT2D eigenvalue weighted by molar-refractivity contribution is -0.120. The third-order valence-corrected chi connectivity index (χ3v) is 3.07. The Morgan fingerprint density at radius 1 is 1.68 bits per heavy atom. The van der Waals surface area contributed by atoms with Crippen LogP contribution in [0, 0.1) is 5.92 Å². The molecule has 0 fully saturated rings. The SMILES string of the molecule is COCCNC(=O)CNCC1CNc2ccnn2C1. The molecule has 3 N–H and O–H groups in total. The monoisotopic (exact) mass is 267 g/mol. The van der Waals surface area contributed by atoms with Crippen LogP contribution in [0.3, 0.4) is 0 Å². The normalized spacial score (nSPS) is 17.6. The Labute approximate surface area is 112 Å². The summed E-state index contributed by atoms with van der Waals surface area (Å²) in [6.45, 7) is 4.02. The van der Waals surface area contributed by atoms with E-state index in [1.807, 2.05) is 10.7 Å². The molecule has 19 heavy (non-hydrogen) atoms.